The number of carboxylic acid groups (broad SMARTS) is 1. The molecular formula is C14H17NO4. The molecule has 2 N–H and O–H groups in total. The molecule has 1 aromatic rings. The van der Waals surface area contributed by atoms with Gasteiger partial charge < -0.3 is 15.2 Å². The molecule has 1 amide bonds. The first-order valence-electron chi connectivity index (χ1n) is 5.76. The number of carbonyl (C=O) groups is 2. The van der Waals surface area contributed by atoms with Crippen LogP contribution in [0.5, 0.6) is 5.75 Å². The number of amides is 1. The summed E-state index contributed by atoms with van der Waals surface area (Å²) in [5.41, 5.74) is 0.991. The van der Waals surface area contributed by atoms with E-state index in [0.717, 1.165) is 0 Å². The molecule has 0 spiro atoms. The van der Waals surface area contributed by atoms with E-state index in [1.54, 1.807) is 31.2 Å². The molecule has 102 valence electrons. The molecule has 19 heavy (non-hydrogen) atoms. The Hall–Kier alpha value is -2.30. The summed E-state index contributed by atoms with van der Waals surface area (Å²) in [6, 6.07) is 5.65. The molecule has 0 aliphatic heterocycles. The average molecular weight is 263 g/mol. The van der Waals surface area contributed by atoms with E-state index in [2.05, 4.69) is 11.9 Å². The standard InChI is InChI=1S/C14H17NO4/c1-9(2)8-11(14(17)18)15-13(16)10-6-4-5-7-12(10)19-3/h4-7,11H,1,8H2,2-3H3,(H,15,16)(H,17,18). The predicted octanol–water partition coefficient (Wildman–Crippen LogP) is 1.84. The lowest BCUT2D eigenvalue weighted by Gasteiger charge is -2.15. The Morgan fingerprint density at radius 3 is 2.58 bits per heavy atom. The Kier molecular flexibility index (Phi) is 5.11. The Bertz CT molecular complexity index is 496. The zero-order valence-corrected chi connectivity index (χ0v) is 11.0. The van der Waals surface area contributed by atoms with E-state index < -0.39 is 17.9 Å². The molecule has 0 bridgehead atoms. The normalized spacial score (nSPS) is 11.5. The average Bonchev–Trinajstić information content (AvgIpc) is 2.37. The van der Waals surface area contributed by atoms with E-state index in [9.17, 15) is 9.59 Å². The first kappa shape index (κ1) is 14.8. The number of rotatable bonds is 6. The van der Waals surface area contributed by atoms with Crippen LogP contribution < -0.4 is 10.1 Å². The second kappa shape index (κ2) is 6.58. The van der Waals surface area contributed by atoms with Crippen molar-refractivity contribution in [2.24, 2.45) is 0 Å². The van der Waals surface area contributed by atoms with Gasteiger partial charge in [-0.05, 0) is 25.5 Å². The van der Waals surface area contributed by atoms with Gasteiger partial charge in [0.15, 0.2) is 0 Å². The van der Waals surface area contributed by atoms with Crippen LogP contribution in [0.4, 0.5) is 0 Å². The monoisotopic (exact) mass is 263 g/mol. The number of carboxylic acids is 1. The van der Waals surface area contributed by atoms with Gasteiger partial charge in [0.05, 0.1) is 12.7 Å². The fraction of sp³-hybridized carbons (Fsp3) is 0.286. The molecular weight excluding hydrogens is 246 g/mol. The van der Waals surface area contributed by atoms with Crippen LogP contribution in [0.25, 0.3) is 0 Å². The van der Waals surface area contributed by atoms with E-state index >= 15 is 0 Å². The van der Waals surface area contributed by atoms with Gasteiger partial charge in [-0.2, -0.15) is 0 Å². The maximum Gasteiger partial charge on any atom is 0.326 e. The Morgan fingerprint density at radius 1 is 1.42 bits per heavy atom. The lowest BCUT2D eigenvalue weighted by Crippen LogP contribution is -2.41. The van der Waals surface area contributed by atoms with Gasteiger partial charge in [-0.3, -0.25) is 4.79 Å². The van der Waals surface area contributed by atoms with E-state index in [1.807, 2.05) is 0 Å². The minimum Gasteiger partial charge on any atom is -0.496 e. The molecule has 5 nitrogen and oxygen atoms in total. The fourth-order valence-corrected chi connectivity index (χ4v) is 1.62. The summed E-state index contributed by atoms with van der Waals surface area (Å²) in [7, 11) is 1.45. The van der Waals surface area contributed by atoms with Gasteiger partial charge in [-0.1, -0.05) is 17.7 Å². The van der Waals surface area contributed by atoms with Crippen molar-refractivity contribution >= 4 is 11.9 Å². The number of nitrogens with one attached hydrogen (secondary N) is 1. The largest absolute Gasteiger partial charge is 0.496 e. The number of para-hydroxylation sites is 1. The third-order valence-electron chi connectivity index (χ3n) is 2.51. The molecule has 5 heteroatoms. The van der Waals surface area contributed by atoms with Gasteiger partial charge in [0, 0.05) is 0 Å². The Balaban J connectivity index is 2.87. The molecule has 1 rings (SSSR count). The highest BCUT2D eigenvalue weighted by Gasteiger charge is 2.22. The number of hydrogen-bond donors (Lipinski definition) is 2. The summed E-state index contributed by atoms with van der Waals surface area (Å²) >= 11 is 0. The topological polar surface area (TPSA) is 75.6 Å². The third-order valence-corrected chi connectivity index (χ3v) is 2.51. The van der Waals surface area contributed by atoms with Gasteiger partial charge in [0.25, 0.3) is 5.91 Å². The lowest BCUT2D eigenvalue weighted by atomic mass is 10.1. The van der Waals surface area contributed by atoms with Crippen molar-refractivity contribution in [1.82, 2.24) is 5.32 Å². The minimum atomic E-state index is -1.09. The highest BCUT2D eigenvalue weighted by Crippen LogP contribution is 2.17. The van der Waals surface area contributed by atoms with Crippen LogP contribution in [-0.2, 0) is 4.79 Å². The summed E-state index contributed by atoms with van der Waals surface area (Å²) in [6.45, 7) is 5.37. The number of carbonyl (C=O) groups excluding carboxylic acids is 1. The lowest BCUT2D eigenvalue weighted by molar-refractivity contribution is -0.139. The van der Waals surface area contributed by atoms with Crippen LogP contribution in [0.1, 0.15) is 23.7 Å². The Labute approximate surface area is 111 Å². The molecule has 0 aliphatic rings. The SMILES string of the molecule is C=C(C)CC(NC(=O)c1ccccc1OC)C(=O)O. The van der Waals surface area contributed by atoms with Crippen LogP contribution in [0.2, 0.25) is 0 Å². The second-order valence-corrected chi connectivity index (χ2v) is 4.23. The molecule has 1 aromatic carbocycles. The highest BCUT2D eigenvalue weighted by atomic mass is 16.5. The van der Waals surface area contributed by atoms with Crippen molar-refractivity contribution in [2.45, 2.75) is 19.4 Å². The van der Waals surface area contributed by atoms with Gasteiger partial charge in [-0.15, -0.1) is 6.58 Å². The molecule has 1 atom stereocenters. The molecule has 0 heterocycles. The van der Waals surface area contributed by atoms with Crippen molar-refractivity contribution < 1.29 is 19.4 Å². The summed E-state index contributed by atoms with van der Waals surface area (Å²) in [6.07, 6.45) is 0.191. The first-order valence-corrected chi connectivity index (χ1v) is 5.76. The van der Waals surface area contributed by atoms with Crippen molar-refractivity contribution in [1.29, 1.82) is 0 Å². The predicted molar refractivity (Wildman–Crippen MR) is 71.3 cm³/mol. The second-order valence-electron chi connectivity index (χ2n) is 4.23. The third kappa shape index (κ3) is 4.13. The quantitative estimate of drug-likeness (QED) is 0.768. The fourth-order valence-electron chi connectivity index (χ4n) is 1.62. The van der Waals surface area contributed by atoms with Gasteiger partial charge >= 0.3 is 5.97 Å². The zero-order chi connectivity index (χ0) is 14.4. The first-order chi connectivity index (χ1) is 8.95. The zero-order valence-electron chi connectivity index (χ0n) is 11.0. The number of methoxy groups -OCH3 is 1. The molecule has 0 saturated heterocycles. The van der Waals surface area contributed by atoms with Crippen LogP contribution in [0.15, 0.2) is 36.4 Å². The molecule has 0 radical (unpaired) electrons. The van der Waals surface area contributed by atoms with Crippen LogP contribution in [0.3, 0.4) is 0 Å². The molecule has 0 fully saturated rings. The smallest absolute Gasteiger partial charge is 0.326 e. The van der Waals surface area contributed by atoms with Crippen LogP contribution >= 0.6 is 0 Å². The van der Waals surface area contributed by atoms with E-state index in [4.69, 9.17) is 9.84 Å². The summed E-state index contributed by atoms with van der Waals surface area (Å²) in [5.74, 6) is -1.17. The van der Waals surface area contributed by atoms with E-state index in [1.165, 1.54) is 7.11 Å². The van der Waals surface area contributed by atoms with Crippen molar-refractivity contribution in [3.05, 3.63) is 42.0 Å². The van der Waals surface area contributed by atoms with Gasteiger partial charge in [0.2, 0.25) is 0 Å². The van der Waals surface area contributed by atoms with Gasteiger partial charge in [-0.25, -0.2) is 4.79 Å². The molecule has 0 aliphatic carbocycles. The van der Waals surface area contributed by atoms with Crippen LogP contribution in [0, 0.1) is 0 Å². The maximum atomic E-state index is 12.0. The number of aliphatic carboxylic acids is 1. The van der Waals surface area contributed by atoms with E-state index in [0.29, 0.717) is 16.9 Å². The maximum absolute atomic E-state index is 12.0. The number of hydrogen-bond acceptors (Lipinski definition) is 3. The Morgan fingerprint density at radius 2 is 2.05 bits per heavy atom. The molecule has 1 unspecified atom stereocenters. The molecule has 0 aromatic heterocycles. The number of ether oxygens (including phenoxy) is 1. The van der Waals surface area contributed by atoms with Crippen molar-refractivity contribution in [2.75, 3.05) is 7.11 Å². The highest BCUT2D eigenvalue weighted by molar-refractivity contribution is 5.98. The van der Waals surface area contributed by atoms with E-state index in [-0.39, 0.29) is 6.42 Å². The summed E-state index contributed by atoms with van der Waals surface area (Å²) < 4.78 is 5.06. The van der Waals surface area contributed by atoms with Crippen molar-refractivity contribution in [3.63, 3.8) is 0 Å². The summed E-state index contributed by atoms with van der Waals surface area (Å²) in [4.78, 5) is 23.1. The number of benzene rings is 1. The van der Waals surface area contributed by atoms with Crippen molar-refractivity contribution in [3.8, 4) is 5.75 Å². The van der Waals surface area contributed by atoms with Crippen LogP contribution in [-0.4, -0.2) is 30.1 Å². The van der Waals surface area contributed by atoms with Gasteiger partial charge in [0.1, 0.15) is 11.8 Å². The molecule has 0 saturated carbocycles. The minimum absolute atomic E-state index is 0.191. The summed E-state index contributed by atoms with van der Waals surface area (Å²) in [5, 5.41) is 11.5.